The lowest BCUT2D eigenvalue weighted by molar-refractivity contribution is 0.0820. The topological polar surface area (TPSA) is 29.5 Å². The van der Waals surface area contributed by atoms with E-state index in [-0.39, 0.29) is 6.10 Å². The number of thiophene rings is 1. The normalized spacial score (nSPS) is 25.1. The largest absolute Gasteiger partial charge is 0.388 e. The van der Waals surface area contributed by atoms with Crippen LogP contribution in [0, 0.1) is 0 Å². The molecule has 0 radical (unpaired) electrons. The highest BCUT2D eigenvalue weighted by Gasteiger charge is 2.20. The summed E-state index contributed by atoms with van der Waals surface area (Å²) in [7, 11) is 0. The zero-order chi connectivity index (χ0) is 12.4. The van der Waals surface area contributed by atoms with Gasteiger partial charge in [-0.1, -0.05) is 0 Å². The first kappa shape index (κ1) is 12.6. The molecule has 3 rings (SSSR count). The highest BCUT2D eigenvalue weighted by Crippen LogP contribution is 2.35. The third-order valence-corrected chi connectivity index (χ3v) is 5.47. The molecule has 1 fully saturated rings. The van der Waals surface area contributed by atoms with Crippen LogP contribution in [0.3, 0.4) is 0 Å². The quantitative estimate of drug-likeness (QED) is 0.902. The molecular formula is C15H22O2S. The first-order valence-corrected chi connectivity index (χ1v) is 8.06. The van der Waals surface area contributed by atoms with Gasteiger partial charge in [-0.3, -0.25) is 0 Å². The van der Waals surface area contributed by atoms with Gasteiger partial charge < -0.3 is 9.84 Å². The van der Waals surface area contributed by atoms with Gasteiger partial charge >= 0.3 is 0 Å². The van der Waals surface area contributed by atoms with E-state index in [4.69, 9.17) is 4.74 Å². The van der Waals surface area contributed by atoms with Crippen LogP contribution in [0.4, 0.5) is 0 Å². The van der Waals surface area contributed by atoms with Gasteiger partial charge in [0.2, 0.25) is 0 Å². The Hall–Kier alpha value is -0.380. The molecule has 1 aliphatic heterocycles. The summed E-state index contributed by atoms with van der Waals surface area (Å²) < 4.78 is 5.61. The lowest BCUT2D eigenvalue weighted by Crippen LogP contribution is -2.07. The smallest absolute Gasteiger partial charge is 0.0883 e. The van der Waals surface area contributed by atoms with Crippen molar-refractivity contribution in [1.29, 1.82) is 0 Å². The Morgan fingerprint density at radius 2 is 2.22 bits per heavy atom. The minimum atomic E-state index is -0.273. The molecule has 0 bridgehead atoms. The van der Waals surface area contributed by atoms with Gasteiger partial charge in [-0.2, -0.15) is 0 Å². The lowest BCUT2D eigenvalue weighted by atomic mass is 9.98. The molecule has 1 aromatic rings. The predicted octanol–water partition coefficient (Wildman–Crippen LogP) is 3.62. The molecule has 1 aliphatic carbocycles. The maximum Gasteiger partial charge on any atom is 0.0883 e. The van der Waals surface area contributed by atoms with Crippen molar-refractivity contribution in [3.8, 4) is 0 Å². The summed E-state index contributed by atoms with van der Waals surface area (Å²) in [5.74, 6) is 0. The lowest BCUT2D eigenvalue weighted by Gasteiger charge is -2.12. The second-order valence-corrected chi connectivity index (χ2v) is 6.70. The number of hydrogen-bond donors (Lipinski definition) is 1. The molecule has 2 nitrogen and oxygen atoms in total. The number of fused-ring (bicyclic) bond motifs is 1. The minimum absolute atomic E-state index is 0.273. The molecule has 0 aromatic carbocycles. The van der Waals surface area contributed by atoms with Crippen LogP contribution in [-0.4, -0.2) is 17.8 Å². The van der Waals surface area contributed by atoms with Crippen LogP contribution in [0.1, 0.15) is 59.9 Å². The predicted molar refractivity (Wildman–Crippen MR) is 74.1 cm³/mol. The van der Waals surface area contributed by atoms with Crippen LogP contribution < -0.4 is 0 Å². The molecule has 1 N–H and O–H groups in total. The van der Waals surface area contributed by atoms with Crippen LogP contribution in [0.15, 0.2) is 6.07 Å². The van der Waals surface area contributed by atoms with E-state index in [9.17, 15) is 5.11 Å². The number of aryl methyl sites for hydroxylation is 2. The fourth-order valence-electron chi connectivity index (χ4n) is 3.04. The summed E-state index contributed by atoms with van der Waals surface area (Å²) in [5.41, 5.74) is 1.50. The number of aliphatic hydroxyl groups is 1. The van der Waals surface area contributed by atoms with Gasteiger partial charge in [0.05, 0.1) is 12.2 Å². The molecule has 1 aromatic heterocycles. The fraction of sp³-hybridized carbons (Fsp3) is 0.733. The van der Waals surface area contributed by atoms with Gasteiger partial charge in [0.25, 0.3) is 0 Å². The molecule has 2 aliphatic rings. The first-order valence-electron chi connectivity index (χ1n) is 7.24. The van der Waals surface area contributed by atoms with Crippen molar-refractivity contribution in [2.45, 2.75) is 63.6 Å². The molecule has 0 spiro atoms. The van der Waals surface area contributed by atoms with Crippen molar-refractivity contribution in [3.05, 3.63) is 21.4 Å². The number of rotatable bonds is 4. The average Bonchev–Trinajstić information content (AvgIpc) is 3.04. The standard InChI is InChI=1S/C15H22O2S/c16-13(8-7-12-5-3-9-17-12)15-10-11-4-1-2-6-14(11)18-15/h10,12-13,16H,1-9H2. The molecule has 3 heteroatoms. The molecule has 2 unspecified atom stereocenters. The van der Waals surface area contributed by atoms with Crippen LogP contribution in [0.5, 0.6) is 0 Å². The third kappa shape index (κ3) is 2.79. The average molecular weight is 266 g/mol. The zero-order valence-electron chi connectivity index (χ0n) is 10.9. The highest BCUT2D eigenvalue weighted by molar-refractivity contribution is 7.12. The number of aliphatic hydroxyl groups excluding tert-OH is 1. The minimum Gasteiger partial charge on any atom is -0.388 e. The summed E-state index contributed by atoms with van der Waals surface area (Å²) in [6.45, 7) is 0.911. The fourth-order valence-corrected chi connectivity index (χ4v) is 4.31. The van der Waals surface area contributed by atoms with Gasteiger partial charge in [-0.25, -0.2) is 0 Å². The second-order valence-electron chi connectivity index (χ2n) is 5.53. The highest BCUT2D eigenvalue weighted by atomic mass is 32.1. The van der Waals surface area contributed by atoms with Crippen molar-refractivity contribution < 1.29 is 9.84 Å². The van der Waals surface area contributed by atoms with E-state index in [1.165, 1.54) is 53.8 Å². The van der Waals surface area contributed by atoms with Crippen molar-refractivity contribution in [2.24, 2.45) is 0 Å². The van der Waals surface area contributed by atoms with Crippen LogP contribution >= 0.6 is 11.3 Å². The zero-order valence-corrected chi connectivity index (χ0v) is 11.7. The third-order valence-electron chi connectivity index (χ3n) is 4.13. The molecule has 1 saturated heterocycles. The van der Waals surface area contributed by atoms with E-state index < -0.39 is 0 Å². The maximum absolute atomic E-state index is 10.3. The van der Waals surface area contributed by atoms with E-state index in [2.05, 4.69) is 6.07 Å². The second kappa shape index (κ2) is 5.72. The molecule has 0 amide bonds. The summed E-state index contributed by atoms with van der Waals surface area (Å²) in [6.07, 6.45) is 9.41. The first-order chi connectivity index (χ1) is 8.83. The monoisotopic (exact) mass is 266 g/mol. The molecular weight excluding hydrogens is 244 g/mol. The van der Waals surface area contributed by atoms with Gasteiger partial charge in [-0.05, 0) is 63.0 Å². The van der Waals surface area contributed by atoms with E-state index >= 15 is 0 Å². The Kier molecular flexibility index (Phi) is 4.02. The van der Waals surface area contributed by atoms with Gasteiger partial charge in [-0.15, -0.1) is 11.3 Å². The van der Waals surface area contributed by atoms with Crippen molar-refractivity contribution in [3.63, 3.8) is 0 Å². The molecule has 0 saturated carbocycles. The van der Waals surface area contributed by atoms with Crippen molar-refractivity contribution in [1.82, 2.24) is 0 Å². The Balaban J connectivity index is 1.57. The maximum atomic E-state index is 10.3. The van der Waals surface area contributed by atoms with Crippen LogP contribution in [0.2, 0.25) is 0 Å². The Morgan fingerprint density at radius 3 is 3.00 bits per heavy atom. The van der Waals surface area contributed by atoms with Crippen molar-refractivity contribution in [2.75, 3.05) is 6.61 Å². The Morgan fingerprint density at radius 1 is 1.33 bits per heavy atom. The Bertz CT molecular complexity index is 370. The van der Waals surface area contributed by atoms with Crippen molar-refractivity contribution >= 4 is 11.3 Å². The van der Waals surface area contributed by atoms with Gasteiger partial charge in [0.15, 0.2) is 0 Å². The van der Waals surface area contributed by atoms with E-state index in [1.807, 2.05) is 11.3 Å². The summed E-state index contributed by atoms with van der Waals surface area (Å²) in [5, 5.41) is 10.3. The van der Waals surface area contributed by atoms with Crippen LogP contribution in [0.25, 0.3) is 0 Å². The van der Waals surface area contributed by atoms with Gasteiger partial charge in [0.1, 0.15) is 0 Å². The van der Waals surface area contributed by atoms with E-state index in [1.54, 1.807) is 0 Å². The molecule has 100 valence electrons. The molecule has 18 heavy (non-hydrogen) atoms. The summed E-state index contributed by atoms with van der Waals surface area (Å²) in [4.78, 5) is 2.70. The number of ether oxygens (including phenoxy) is 1. The van der Waals surface area contributed by atoms with E-state index in [0.29, 0.717) is 6.10 Å². The molecule has 2 heterocycles. The Labute approximate surface area is 113 Å². The summed E-state index contributed by atoms with van der Waals surface area (Å²) in [6, 6.07) is 2.25. The summed E-state index contributed by atoms with van der Waals surface area (Å²) >= 11 is 1.84. The number of hydrogen-bond acceptors (Lipinski definition) is 3. The SMILES string of the molecule is OC(CCC1CCCO1)c1cc2c(s1)CCCC2. The van der Waals surface area contributed by atoms with Gasteiger partial charge in [0, 0.05) is 16.4 Å². The molecule has 2 atom stereocenters. The van der Waals surface area contributed by atoms with Crippen LogP contribution in [-0.2, 0) is 17.6 Å². The van der Waals surface area contributed by atoms with E-state index in [0.717, 1.165) is 19.4 Å².